The molecule has 0 aliphatic heterocycles. The summed E-state index contributed by atoms with van der Waals surface area (Å²) in [5.74, 6) is 0.589. The lowest BCUT2D eigenvalue weighted by atomic mass is 10.1. The average molecular weight is 281 g/mol. The molecule has 112 valence electrons. The molecule has 5 nitrogen and oxygen atoms in total. The van der Waals surface area contributed by atoms with Crippen LogP contribution in [0.2, 0.25) is 0 Å². The first-order valence-corrected chi connectivity index (χ1v) is 6.81. The van der Waals surface area contributed by atoms with Gasteiger partial charge in [-0.3, -0.25) is 0 Å². The Labute approximate surface area is 119 Å². The van der Waals surface area contributed by atoms with Crippen molar-refractivity contribution in [3.8, 4) is 5.75 Å². The molecular weight excluding hydrogens is 258 g/mol. The molecule has 0 bridgehead atoms. The highest BCUT2D eigenvalue weighted by Gasteiger charge is 2.12. The van der Waals surface area contributed by atoms with Gasteiger partial charge in [-0.2, -0.15) is 0 Å². The number of aliphatic hydroxyl groups excluding tert-OH is 1. The van der Waals surface area contributed by atoms with E-state index in [1.54, 1.807) is 6.07 Å². The summed E-state index contributed by atoms with van der Waals surface area (Å²) in [7, 11) is 0. The highest BCUT2D eigenvalue weighted by atomic mass is 16.5. The van der Waals surface area contributed by atoms with Crippen molar-refractivity contribution in [1.29, 1.82) is 0 Å². The van der Waals surface area contributed by atoms with Crippen LogP contribution in [0.15, 0.2) is 29.4 Å². The largest absolute Gasteiger partial charge is 0.490 e. The Bertz CT molecular complexity index is 432. The molecule has 20 heavy (non-hydrogen) atoms. The van der Waals surface area contributed by atoms with E-state index in [0.717, 1.165) is 5.56 Å². The van der Waals surface area contributed by atoms with Crippen LogP contribution in [0.25, 0.3) is 0 Å². The molecule has 0 aliphatic rings. The van der Waals surface area contributed by atoms with E-state index in [0.29, 0.717) is 17.9 Å². The normalized spacial score (nSPS) is 13.6. The second kappa shape index (κ2) is 8.55. The molecule has 1 aromatic carbocycles. The Kier molecular flexibility index (Phi) is 7.04. The van der Waals surface area contributed by atoms with Crippen molar-refractivity contribution in [2.75, 3.05) is 13.2 Å². The monoisotopic (exact) mass is 281 g/mol. The van der Waals surface area contributed by atoms with Gasteiger partial charge in [0.05, 0.1) is 18.4 Å². The summed E-state index contributed by atoms with van der Waals surface area (Å²) < 4.78 is 10.9. The first-order chi connectivity index (χ1) is 9.58. The van der Waals surface area contributed by atoms with Crippen molar-refractivity contribution in [3.05, 3.63) is 29.8 Å². The molecule has 1 aromatic rings. The number of ether oxygens (including phenoxy) is 2. The van der Waals surface area contributed by atoms with Crippen LogP contribution in [-0.4, -0.2) is 41.4 Å². The maximum Gasteiger partial charge on any atom is 0.128 e. The van der Waals surface area contributed by atoms with Crippen molar-refractivity contribution >= 4 is 5.71 Å². The van der Waals surface area contributed by atoms with Gasteiger partial charge in [-0.15, -0.1) is 0 Å². The third-order valence-electron chi connectivity index (χ3n) is 2.71. The molecule has 2 N–H and O–H groups in total. The highest BCUT2D eigenvalue weighted by Crippen LogP contribution is 2.20. The summed E-state index contributed by atoms with van der Waals surface area (Å²) in [5.41, 5.74) is 1.28. The van der Waals surface area contributed by atoms with Gasteiger partial charge in [0.15, 0.2) is 0 Å². The number of oxime groups is 1. The molecule has 1 unspecified atom stereocenters. The van der Waals surface area contributed by atoms with Gasteiger partial charge >= 0.3 is 0 Å². The number of hydrogen-bond donors (Lipinski definition) is 2. The van der Waals surface area contributed by atoms with Crippen molar-refractivity contribution in [2.45, 2.75) is 39.4 Å². The van der Waals surface area contributed by atoms with E-state index >= 15 is 0 Å². The average Bonchev–Trinajstić information content (AvgIpc) is 2.45. The van der Waals surface area contributed by atoms with Crippen LogP contribution in [-0.2, 0) is 4.74 Å². The first kappa shape index (κ1) is 16.5. The smallest absolute Gasteiger partial charge is 0.128 e. The van der Waals surface area contributed by atoms with E-state index in [2.05, 4.69) is 5.16 Å². The maximum absolute atomic E-state index is 9.77. The Morgan fingerprint density at radius 3 is 2.55 bits per heavy atom. The number of hydrogen-bond acceptors (Lipinski definition) is 5. The Balaban J connectivity index is 2.64. The maximum atomic E-state index is 9.77. The molecule has 0 fully saturated rings. The van der Waals surface area contributed by atoms with Crippen LogP contribution in [0.4, 0.5) is 0 Å². The molecule has 1 atom stereocenters. The zero-order valence-corrected chi connectivity index (χ0v) is 12.2. The van der Waals surface area contributed by atoms with Crippen LogP contribution in [0.5, 0.6) is 5.75 Å². The summed E-state index contributed by atoms with van der Waals surface area (Å²) in [6.45, 7) is 6.08. The summed E-state index contributed by atoms with van der Waals surface area (Å²) in [5, 5.41) is 22.0. The Morgan fingerprint density at radius 1 is 1.25 bits per heavy atom. The molecule has 0 aliphatic carbocycles. The van der Waals surface area contributed by atoms with E-state index in [9.17, 15) is 5.11 Å². The van der Waals surface area contributed by atoms with E-state index < -0.39 is 6.10 Å². The Morgan fingerprint density at radius 2 is 1.95 bits per heavy atom. The van der Waals surface area contributed by atoms with Gasteiger partial charge in [-0.05, 0) is 32.4 Å². The summed E-state index contributed by atoms with van der Waals surface area (Å²) in [4.78, 5) is 0. The lowest BCUT2D eigenvalue weighted by molar-refractivity contribution is -0.0123. The van der Waals surface area contributed by atoms with Gasteiger partial charge in [0.2, 0.25) is 0 Å². The topological polar surface area (TPSA) is 71.3 Å². The van der Waals surface area contributed by atoms with Crippen molar-refractivity contribution < 1.29 is 19.8 Å². The zero-order valence-electron chi connectivity index (χ0n) is 12.2. The number of para-hydroxylation sites is 1. The predicted octanol–water partition coefficient (Wildman–Crippen LogP) is 2.44. The van der Waals surface area contributed by atoms with Crippen molar-refractivity contribution in [2.24, 2.45) is 5.16 Å². The van der Waals surface area contributed by atoms with Gasteiger partial charge in [-0.25, -0.2) is 0 Å². The second-order valence-electron chi connectivity index (χ2n) is 4.74. The summed E-state index contributed by atoms with van der Waals surface area (Å²) in [6.07, 6.45) is -0.0256. The molecule has 0 radical (unpaired) electrons. The fourth-order valence-electron chi connectivity index (χ4n) is 1.68. The first-order valence-electron chi connectivity index (χ1n) is 6.81. The second-order valence-corrected chi connectivity index (χ2v) is 4.74. The fourth-order valence-corrected chi connectivity index (χ4v) is 1.68. The van der Waals surface area contributed by atoms with Crippen LogP contribution >= 0.6 is 0 Å². The minimum Gasteiger partial charge on any atom is -0.490 e. The van der Waals surface area contributed by atoms with Crippen molar-refractivity contribution in [1.82, 2.24) is 0 Å². The molecule has 0 saturated heterocycles. The number of nitrogens with zero attached hydrogens (tertiary/aromatic N) is 1. The van der Waals surface area contributed by atoms with Crippen LogP contribution in [0.3, 0.4) is 0 Å². The summed E-state index contributed by atoms with van der Waals surface area (Å²) in [6, 6.07) is 7.29. The number of rotatable bonds is 8. The van der Waals surface area contributed by atoms with Crippen LogP contribution in [0.1, 0.15) is 32.8 Å². The van der Waals surface area contributed by atoms with Crippen molar-refractivity contribution in [3.63, 3.8) is 0 Å². The molecule has 5 heteroatoms. The molecular formula is C15H23NO4. The molecule has 0 aromatic heterocycles. The molecule has 0 spiro atoms. The quantitative estimate of drug-likeness (QED) is 0.436. The minimum absolute atomic E-state index is 0.0742. The molecule has 0 heterocycles. The van der Waals surface area contributed by atoms with E-state index in [1.165, 1.54) is 0 Å². The van der Waals surface area contributed by atoms with Gasteiger partial charge < -0.3 is 19.8 Å². The zero-order chi connectivity index (χ0) is 15.0. The molecule has 0 saturated carbocycles. The highest BCUT2D eigenvalue weighted by molar-refractivity contribution is 6.02. The fraction of sp³-hybridized carbons (Fsp3) is 0.533. The van der Waals surface area contributed by atoms with Crippen LogP contribution < -0.4 is 4.74 Å². The molecule has 0 amide bonds. The van der Waals surface area contributed by atoms with Gasteiger partial charge in [0, 0.05) is 5.56 Å². The standard InChI is InChI=1S/C15H23NO4/c1-4-14(16-18)13-7-5-6-8-15(13)20-10-12(17)9-19-11(2)3/h5-8,11-12,17-18H,4,9-10H2,1-3H3. The van der Waals surface area contributed by atoms with Gasteiger partial charge in [-0.1, -0.05) is 24.2 Å². The number of benzene rings is 1. The SMILES string of the molecule is CCC(=NO)c1ccccc1OCC(O)COC(C)C. The van der Waals surface area contributed by atoms with Gasteiger partial charge in [0.25, 0.3) is 0 Å². The third-order valence-corrected chi connectivity index (χ3v) is 2.71. The van der Waals surface area contributed by atoms with Gasteiger partial charge in [0.1, 0.15) is 18.5 Å². The van der Waals surface area contributed by atoms with E-state index in [4.69, 9.17) is 14.7 Å². The molecule has 1 rings (SSSR count). The minimum atomic E-state index is -0.693. The Hall–Kier alpha value is -1.59. The van der Waals surface area contributed by atoms with Crippen LogP contribution in [0, 0.1) is 0 Å². The number of aliphatic hydroxyl groups is 1. The summed E-state index contributed by atoms with van der Waals surface area (Å²) >= 11 is 0. The predicted molar refractivity (Wildman–Crippen MR) is 77.6 cm³/mol. The third kappa shape index (κ3) is 5.19. The van der Waals surface area contributed by atoms with E-state index in [1.807, 2.05) is 39.0 Å². The lowest BCUT2D eigenvalue weighted by Gasteiger charge is -2.16. The van der Waals surface area contributed by atoms with E-state index in [-0.39, 0.29) is 19.3 Å². The lowest BCUT2D eigenvalue weighted by Crippen LogP contribution is -2.25.